The third-order valence-electron chi connectivity index (χ3n) is 5.11. The van der Waals surface area contributed by atoms with Gasteiger partial charge in [0.2, 0.25) is 0 Å². The predicted molar refractivity (Wildman–Crippen MR) is 112 cm³/mol. The van der Waals surface area contributed by atoms with Crippen molar-refractivity contribution in [3.05, 3.63) is 36.0 Å². The first kappa shape index (κ1) is 21.0. The first-order valence-corrected chi connectivity index (χ1v) is 11.7. The van der Waals surface area contributed by atoms with E-state index in [0.717, 1.165) is 42.5 Å². The smallest absolute Gasteiger partial charge is 0.338 e. The predicted octanol–water partition coefficient (Wildman–Crippen LogP) is 4.59. The molecule has 1 aromatic carbocycles. The van der Waals surface area contributed by atoms with E-state index >= 15 is 0 Å². The molecule has 0 amide bonds. The Bertz CT molecular complexity index is 868. The number of aryl methyl sites for hydroxylation is 1. The molecule has 0 unspecified atom stereocenters. The van der Waals surface area contributed by atoms with Crippen molar-refractivity contribution in [2.75, 3.05) is 37.4 Å². The van der Waals surface area contributed by atoms with E-state index in [1.165, 1.54) is 5.69 Å². The largest absolute Gasteiger partial charge is 0.371 e. The molecule has 2 aromatic rings. The molecule has 1 fully saturated rings. The minimum Gasteiger partial charge on any atom is -0.371 e. The second-order valence-corrected chi connectivity index (χ2v) is 9.19. The van der Waals surface area contributed by atoms with Gasteiger partial charge in [-0.2, -0.15) is 0 Å². The Morgan fingerprint density at radius 3 is 2.46 bits per heavy atom. The van der Waals surface area contributed by atoms with Crippen molar-refractivity contribution < 1.29 is 18.4 Å². The highest BCUT2D eigenvalue weighted by Crippen LogP contribution is 2.48. The first-order valence-electron chi connectivity index (χ1n) is 9.98. The number of nitrogens with zero attached hydrogens (tertiary/aromatic N) is 2. The van der Waals surface area contributed by atoms with E-state index in [9.17, 15) is 9.36 Å². The van der Waals surface area contributed by atoms with Gasteiger partial charge >= 0.3 is 7.60 Å². The fraction of sp³-hybridized carbons (Fsp3) is 0.524. The molecule has 0 aliphatic carbocycles. The van der Waals surface area contributed by atoms with E-state index in [2.05, 4.69) is 22.0 Å². The molecule has 0 N–H and O–H groups in total. The van der Waals surface area contributed by atoms with Crippen LogP contribution in [0.5, 0.6) is 0 Å². The number of aromatic nitrogens is 1. The Hall–Kier alpha value is -1.75. The number of carbonyl (C=O) groups excluding carboxylic acids is 1. The van der Waals surface area contributed by atoms with Gasteiger partial charge < -0.3 is 13.9 Å². The van der Waals surface area contributed by atoms with Crippen LogP contribution in [-0.4, -0.2) is 43.2 Å². The summed E-state index contributed by atoms with van der Waals surface area (Å²) in [5, 5.41) is 1.13. The first-order chi connectivity index (χ1) is 13.5. The summed E-state index contributed by atoms with van der Waals surface area (Å²) in [4.78, 5) is 19.6. The summed E-state index contributed by atoms with van der Waals surface area (Å²) in [6.07, 6.45) is 1.36. The number of benzene rings is 1. The number of ketones is 1. The van der Waals surface area contributed by atoms with Crippen LogP contribution in [-0.2, 0) is 18.4 Å². The van der Waals surface area contributed by atoms with Gasteiger partial charge in [0.05, 0.1) is 18.7 Å². The fourth-order valence-corrected chi connectivity index (χ4v) is 5.52. The number of rotatable bonds is 8. The molecular weight excluding hydrogens is 375 g/mol. The molecule has 0 saturated carbocycles. The van der Waals surface area contributed by atoms with Crippen LogP contribution in [0.2, 0.25) is 0 Å². The highest BCUT2D eigenvalue weighted by atomic mass is 31.2. The number of Topliss-reactive ketones (excluding diaryl/α,β-unsaturated/α-hetero) is 1. The summed E-state index contributed by atoms with van der Waals surface area (Å²) in [5.74, 6) is -0.111. The Balaban J connectivity index is 1.68. The molecule has 1 aliphatic heterocycles. The van der Waals surface area contributed by atoms with E-state index in [0.29, 0.717) is 0 Å². The number of pyridine rings is 1. The molecule has 152 valence electrons. The monoisotopic (exact) mass is 404 g/mol. The van der Waals surface area contributed by atoms with Crippen molar-refractivity contribution in [3.8, 4) is 0 Å². The van der Waals surface area contributed by atoms with Crippen LogP contribution in [0, 0.1) is 12.8 Å². The number of hydrogen-bond donors (Lipinski definition) is 0. The highest BCUT2D eigenvalue weighted by Gasteiger charge is 2.33. The van der Waals surface area contributed by atoms with E-state index in [-0.39, 0.29) is 31.1 Å². The third kappa shape index (κ3) is 4.80. The maximum absolute atomic E-state index is 12.7. The Morgan fingerprint density at radius 1 is 1.18 bits per heavy atom. The lowest BCUT2D eigenvalue weighted by Gasteiger charge is -2.34. The van der Waals surface area contributed by atoms with Gasteiger partial charge in [-0.25, -0.2) is 0 Å². The second-order valence-electron chi connectivity index (χ2n) is 7.13. The SMILES string of the molecule is CCOP(=O)(CC(=O)C1CCN(c2cc(C)nc3ccccc23)CC1)OCC. The van der Waals surface area contributed by atoms with Crippen molar-refractivity contribution in [1.29, 1.82) is 0 Å². The summed E-state index contributed by atoms with van der Waals surface area (Å²) < 4.78 is 23.2. The summed E-state index contributed by atoms with van der Waals surface area (Å²) in [6.45, 7) is 7.65. The number of anilines is 1. The lowest BCUT2D eigenvalue weighted by Crippen LogP contribution is -2.37. The topological polar surface area (TPSA) is 68.7 Å². The van der Waals surface area contributed by atoms with E-state index in [4.69, 9.17) is 9.05 Å². The van der Waals surface area contributed by atoms with E-state index in [1.807, 2.05) is 25.1 Å². The zero-order chi connectivity index (χ0) is 20.1. The number of para-hydroxylation sites is 1. The molecular formula is C21H29N2O4P. The molecule has 7 heteroatoms. The quantitative estimate of drug-likeness (QED) is 0.599. The van der Waals surface area contributed by atoms with Crippen molar-refractivity contribution >= 4 is 30.0 Å². The van der Waals surface area contributed by atoms with Gasteiger partial charge in [0.25, 0.3) is 0 Å². The lowest BCUT2D eigenvalue weighted by molar-refractivity contribution is -0.121. The van der Waals surface area contributed by atoms with Crippen LogP contribution in [0.3, 0.4) is 0 Å². The average molecular weight is 404 g/mol. The number of carbonyl (C=O) groups is 1. The minimum absolute atomic E-state index is 0.0133. The summed E-state index contributed by atoms with van der Waals surface area (Å²) in [5.41, 5.74) is 3.15. The number of hydrogen-bond acceptors (Lipinski definition) is 6. The zero-order valence-electron chi connectivity index (χ0n) is 16.9. The third-order valence-corrected chi connectivity index (χ3v) is 7.12. The van der Waals surface area contributed by atoms with Crippen molar-refractivity contribution in [3.63, 3.8) is 0 Å². The van der Waals surface area contributed by atoms with Gasteiger partial charge in [0.1, 0.15) is 11.9 Å². The molecule has 3 rings (SSSR count). The van der Waals surface area contributed by atoms with Gasteiger partial charge in [-0.1, -0.05) is 18.2 Å². The number of piperidine rings is 1. The molecule has 0 bridgehead atoms. The van der Waals surface area contributed by atoms with Crippen molar-refractivity contribution in [2.24, 2.45) is 5.92 Å². The molecule has 0 radical (unpaired) electrons. The molecule has 1 aromatic heterocycles. The maximum atomic E-state index is 12.7. The normalized spacial score (nSPS) is 15.9. The van der Waals surface area contributed by atoms with Gasteiger partial charge in [-0.05, 0) is 45.7 Å². The van der Waals surface area contributed by atoms with Crippen LogP contribution in [0.25, 0.3) is 10.9 Å². The molecule has 28 heavy (non-hydrogen) atoms. The standard InChI is InChI=1S/C21H29N2O4P/c1-4-26-28(25,27-5-2)15-21(24)17-10-12-23(13-11-17)20-14-16(3)22-19-9-7-6-8-18(19)20/h6-9,14,17H,4-5,10-13,15H2,1-3H3. The molecule has 0 spiro atoms. The minimum atomic E-state index is -3.33. The Labute approximate surface area is 166 Å². The van der Waals surface area contributed by atoms with Gasteiger partial charge in [-0.3, -0.25) is 14.3 Å². The van der Waals surface area contributed by atoms with Crippen LogP contribution in [0.15, 0.2) is 30.3 Å². The molecule has 2 heterocycles. The van der Waals surface area contributed by atoms with Crippen molar-refractivity contribution in [2.45, 2.75) is 33.6 Å². The molecule has 6 nitrogen and oxygen atoms in total. The van der Waals surface area contributed by atoms with E-state index < -0.39 is 7.60 Å². The van der Waals surface area contributed by atoms with Gasteiger partial charge in [0.15, 0.2) is 0 Å². The van der Waals surface area contributed by atoms with Crippen LogP contribution < -0.4 is 4.90 Å². The van der Waals surface area contributed by atoms with E-state index in [1.54, 1.807) is 13.8 Å². The van der Waals surface area contributed by atoms with Crippen LogP contribution in [0.1, 0.15) is 32.4 Å². The molecule has 0 atom stereocenters. The average Bonchev–Trinajstić information content (AvgIpc) is 2.67. The number of fused-ring (bicyclic) bond motifs is 1. The van der Waals surface area contributed by atoms with Crippen LogP contribution in [0.4, 0.5) is 5.69 Å². The lowest BCUT2D eigenvalue weighted by atomic mass is 9.92. The molecule has 1 aliphatic rings. The van der Waals surface area contributed by atoms with Crippen LogP contribution >= 0.6 is 7.60 Å². The summed E-state index contributed by atoms with van der Waals surface area (Å²) in [7, 11) is -3.33. The maximum Gasteiger partial charge on any atom is 0.338 e. The fourth-order valence-electron chi connectivity index (χ4n) is 3.83. The Kier molecular flexibility index (Phi) is 6.86. The molecule has 1 saturated heterocycles. The van der Waals surface area contributed by atoms with Gasteiger partial charge in [0, 0.05) is 35.8 Å². The van der Waals surface area contributed by atoms with Gasteiger partial charge in [-0.15, -0.1) is 0 Å². The highest BCUT2D eigenvalue weighted by molar-refractivity contribution is 7.54. The second kappa shape index (κ2) is 9.17. The summed E-state index contributed by atoms with van der Waals surface area (Å²) >= 11 is 0. The Morgan fingerprint density at radius 2 is 1.82 bits per heavy atom. The zero-order valence-corrected chi connectivity index (χ0v) is 17.8. The van der Waals surface area contributed by atoms with Crippen molar-refractivity contribution in [1.82, 2.24) is 4.98 Å². The summed E-state index contributed by atoms with van der Waals surface area (Å²) in [6, 6.07) is 10.3.